The molecule has 0 radical (unpaired) electrons. The zero-order valence-electron chi connectivity index (χ0n) is 9.29. The molecule has 0 saturated heterocycles. The minimum Gasteiger partial charge on any atom is -0.465 e. The molecule has 0 aliphatic rings. The van der Waals surface area contributed by atoms with Crippen molar-refractivity contribution in [3.8, 4) is 0 Å². The summed E-state index contributed by atoms with van der Waals surface area (Å²) in [5.74, 6) is -1.42. The summed E-state index contributed by atoms with van der Waals surface area (Å²) in [4.78, 5) is 34.5. The second-order valence-corrected chi connectivity index (χ2v) is 3.07. The van der Waals surface area contributed by atoms with Crippen LogP contribution in [0.2, 0.25) is 0 Å². The van der Waals surface area contributed by atoms with Crippen molar-refractivity contribution in [2.45, 2.75) is 13.8 Å². The van der Waals surface area contributed by atoms with E-state index in [-0.39, 0.29) is 19.0 Å². The van der Waals surface area contributed by atoms with Gasteiger partial charge in [-0.15, -0.1) is 11.6 Å². The Morgan fingerprint density at radius 2 is 1.94 bits per heavy atom. The lowest BCUT2D eigenvalue weighted by Gasteiger charge is -2.19. The van der Waals surface area contributed by atoms with Crippen LogP contribution in [0.5, 0.6) is 0 Å². The molecule has 0 spiro atoms. The number of alkyl halides is 1. The number of rotatable bonds is 5. The molecule has 0 aliphatic heterocycles. The number of amides is 3. The molecular weight excluding hydrogens is 236 g/mol. The standard InChI is InChI=1S/C9H15ClN2O4/c1-3-12(6-8(14)16-4-2)9(15)11-7(13)5-10/h3-6H2,1-2H3,(H,11,13,15). The van der Waals surface area contributed by atoms with Crippen LogP contribution in [0.3, 0.4) is 0 Å². The summed E-state index contributed by atoms with van der Waals surface area (Å²) in [5.41, 5.74) is 0. The fraction of sp³-hybridized carbons (Fsp3) is 0.667. The first kappa shape index (κ1) is 14.7. The highest BCUT2D eigenvalue weighted by Crippen LogP contribution is 1.92. The number of hydrogen-bond acceptors (Lipinski definition) is 4. The molecule has 0 aromatic heterocycles. The third-order valence-corrected chi connectivity index (χ3v) is 1.90. The van der Waals surface area contributed by atoms with E-state index in [0.29, 0.717) is 6.54 Å². The highest BCUT2D eigenvalue weighted by Gasteiger charge is 2.17. The van der Waals surface area contributed by atoms with Crippen LogP contribution in [0.1, 0.15) is 13.8 Å². The van der Waals surface area contributed by atoms with Gasteiger partial charge in [0.15, 0.2) is 0 Å². The van der Waals surface area contributed by atoms with Gasteiger partial charge >= 0.3 is 12.0 Å². The van der Waals surface area contributed by atoms with E-state index in [2.05, 4.69) is 4.74 Å². The van der Waals surface area contributed by atoms with Gasteiger partial charge in [-0.2, -0.15) is 0 Å². The Labute approximate surface area is 98.9 Å². The summed E-state index contributed by atoms with van der Waals surface area (Å²) in [6.07, 6.45) is 0. The Morgan fingerprint density at radius 3 is 2.38 bits per heavy atom. The molecule has 0 fully saturated rings. The van der Waals surface area contributed by atoms with Gasteiger partial charge in [-0.05, 0) is 13.8 Å². The quantitative estimate of drug-likeness (QED) is 0.564. The van der Waals surface area contributed by atoms with Crippen molar-refractivity contribution in [1.29, 1.82) is 0 Å². The lowest BCUT2D eigenvalue weighted by atomic mass is 10.5. The molecular formula is C9H15ClN2O4. The average Bonchev–Trinajstić information content (AvgIpc) is 2.25. The summed E-state index contributed by atoms with van der Waals surface area (Å²) in [6, 6.07) is -0.652. The molecule has 1 N–H and O–H groups in total. The van der Waals surface area contributed by atoms with Crippen molar-refractivity contribution < 1.29 is 19.1 Å². The topological polar surface area (TPSA) is 75.7 Å². The van der Waals surface area contributed by atoms with Crippen LogP contribution in [0, 0.1) is 0 Å². The van der Waals surface area contributed by atoms with Crippen LogP contribution in [-0.2, 0) is 14.3 Å². The first-order chi connectivity index (χ1) is 7.54. The molecule has 0 heterocycles. The van der Waals surface area contributed by atoms with Crippen molar-refractivity contribution in [3.63, 3.8) is 0 Å². The van der Waals surface area contributed by atoms with Gasteiger partial charge in [0, 0.05) is 6.54 Å². The van der Waals surface area contributed by atoms with Gasteiger partial charge in [0.2, 0.25) is 5.91 Å². The van der Waals surface area contributed by atoms with Crippen LogP contribution in [0.4, 0.5) is 4.79 Å². The minimum absolute atomic E-state index is 0.189. The molecule has 6 nitrogen and oxygen atoms in total. The van der Waals surface area contributed by atoms with Gasteiger partial charge in [-0.1, -0.05) is 0 Å². The maximum atomic E-state index is 11.4. The lowest BCUT2D eigenvalue weighted by Crippen LogP contribution is -2.45. The molecule has 0 aliphatic carbocycles. The van der Waals surface area contributed by atoms with Crippen molar-refractivity contribution in [1.82, 2.24) is 10.2 Å². The second-order valence-electron chi connectivity index (χ2n) is 2.81. The number of ether oxygens (including phenoxy) is 1. The first-order valence-corrected chi connectivity index (χ1v) is 5.38. The molecule has 16 heavy (non-hydrogen) atoms. The number of carbonyl (C=O) groups excluding carboxylic acids is 3. The first-order valence-electron chi connectivity index (χ1n) is 4.85. The molecule has 3 amide bonds. The third-order valence-electron chi connectivity index (χ3n) is 1.66. The number of imide groups is 1. The molecule has 0 bridgehead atoms. The Kier molecular flexibility index (Phi) is 7.28. The number of likely N-dealkylation sites (N-methyl/N-ethyl adjacent to an activating group) is 1. The van der Waals surface area contributed by atoms with Gasteiger partial charge in [0.05, 0.1) is 6.61 Å². The van der Waals surface area contributed by atoms with Gasteiger partial charge in [0.1, 0.15) is 12.4 Å². The van der Waals surface area contributed by atoms with Gasteiger partial charge < -0.3 is 9.64 Å². The fourth-order valence-corrected chi connectivity index (χ4v) is 0.988. The number of halogens is 1. The molecule has 7 heteroatoms. The third kappa shape index (κ3) is 5.55. The molecule has 0 aromatic rings. The molecule has 0 atom stereocenters. The Morgan fingerprint density at radius 1 is 1.31 bits per heavy atom. The molecule has 0 unspecified atom stereocenters. The Bertz CT molecular complexity index is 270. The fourth-order valence-electron chi connectivity index (χ4n) is 0.921. The zero-order chi connectivity index (χ0) is 12.6. The lowest BCUT2D eigenvalue weighted by molar-refractivity contribution is -0.143. The number of nitrogens with zero attached hydrogens (tertiary/aromatic N) is 1. The van der Waals surface area contributed by atoms with E-state index in [9.17, 15) is 14.4 Å². The number of carbonyl (C=O) groups is 3. The van der Waals surface area contributed by atoms with Crippen LogP contribution in [0.15, 0.2) is 0 Å². The highest BCUT2D eigenvalue weighted by molar-refractivity contribution is 6.28. The van der Waals surface area contributed by atoms with Crippen LogP contribution in [0.25, 0.3) is 0 Å². The normalized spacial score (nSPS) is 9.44. The van der Waals surface area contributed by atoms with Crippen molar-refractivity contribution in [2.75, 3.05) is 25.6 Å². The smallest absolute Gasteiger partial charge is 0.325 e. The largest absolute Gasteiger partial charge is 0.465 e. The van der Waals surface area contributed by atoms with Gasteiger partial charge in [-0.3, -0.25) is 14.9 Å². The number of nitrogens with one attached hydrogen (secondary N) is 1. The maximum Gasteiger partial charge on any atom is 0.325 e. The predicted molar refractivity (Wildman–Crippen MR) is 58.1 cm³/mol. The van der Waals surface area contributed by atoms with E-state index in [1.165, 1.54) is 0 Å². The number of urea groups is 1. The van der Waals surface area contributed by atoms with Crippen LogP contribution >= 0.6 is 11.6 Å². The SMILES string of the molecule is CCOC(=O)CN(CC)C(=O)NC(=O)CCl. The Hall–Kier alpha value is -1.30. The number of hydrogen-bond donors (Lipinski definition) is 1. The number of esters is 1. The van der Waals surface area contributed by atoms with Crippen molar-refractivity contribution in [2.24, 2.45) is 0 Å². The summed E-state index contributed by atoms with van der Waals surface area (Å²) in [7, 11) is 0. The molecule has 0 aromatic carbocycles. The predicted octanol–water partition coefficient (Wildman–Crippen LogP) is 0.346. The van der Waals surface area contributed by atoms with Crippen LogP contribution < -0.4 is 5.32 Å². The molecule has 92 valence electrons. The average molecular weight is 251 g/mol. The minimum atomic E-state index is -0.652. The van der Waals surface area contributed by atoms with E-state index in [4.69, 9.17) is 11.6 Å². The summed E-state index contributed by atoms with van der Waals surface area (Å²) in [5, 5.41) is 2.04. The molecule has 0 rings (SSSR count). The van der Waals surface area contributed by atoms with Gasteiger partial charge in [0.25, 0.3) is 0 Å². The van der Waals surface area contributed by atoms with E-state index in [1.54, 1.807) is 13.8 Å². The zero-order valence-corrected chi connectivity index (χ0v) is 10.0. The van der Waals surface area contributed by atoms with E-state index in [1.807, 2.05) is 5.32 Å². The van der Waals surface area contributed by atoms with Crippen LogP contribution in [-0.4, -0.2) is 48.4 Å². The maximum absolute atomic E-state index is 11.4. The van der Waals surface area contributed by atoms with E-state index >= 15 is 0 Å². The van der Waals surface area contributed by atoms with E-state index in [0.717, 1.165) is 4.90 Å². The second kappa shape index (κ2) is 7.92. The van der Waals surface area contributed by atoms with Crippen molar-refractivity contribution in [3.05, 3.63) is 0 Å². The van der Waals surface area contributed by atoms with Crippen molar-refractivity contribution >= 4 is 29.5 Å². The van der Waals surface area contributed by atoms with E-state index < -0.39 is 17.9 Å². The summed E-state index contributed by atoms with van der Waals surface area (Å²) < 4.78 is 4.68. The summed E-state index contributed by atoms with van der Waals surface area (Å²) >= 11 is 5.22. The van der Waals surface area contributed by atoms with Gasteiger partial charge in [-0.25, -0.2) is 4.79 Å². The summed E-state index contributed by atoms with van der Waals surface area (Å²) in [6.45, 7) is 3.71. The monoisotopic (exact) mass is 250 g/mol. The highest BCUT2D eigenvalue weighted by atomic mass is 35.5. The molecule has 0 saturated carbocycles. The Balaban J connectivity index is 4.21.